The number of carboxylic acids is 1. The van der Waals surface area contributed by atoms with Gasteiger partial charge in [0.15, 0.2) is 0 Å². The van der Waals surface area contributed by atoms with Crippen LogP contribution >= 0.6 is 0 Å². The van der Waals surface area contributed by atoms with Crippen molar-refractivity contribution < 1.29 is 18.3 Å². The molecule has 0 aromatic carbocycles. The molecule has 1 rings (SSSR count). The summed E-state index contributed by atoms with van der Waals surface area (Å²) in [6.45, 7) is 4.02. The molecule has 6 heteroatoms. The Morgan fingerprint density at radius 2 is 2.06 bits per heavy atom. The largest absolute Gasteiger partial charge is 0.481 e. The predicted molar refractivity (Wildman–Crippen MR) is 61.1 cm³/mol. The Bertz CT molecular complexity index is 346. The molecule has 1 fully saturated rings. The van der Waals surface area contributed by atoms with E-state index in [9.17, 15) is 13.2 Å². The average molecular weight is 249 g/mol. The zero-order valence-electron chi connectivity index (χ0n) is 9.72. The molecule has 1 aliphatic heterocycles. The van der Waals surface area contributed by atoms with Crippen molar-refractivity contribution in [3.63, 3.8) is 0 Å². The highest BCUT2D eigenvalue weighted by atomic mass is 32.2. The van der Waals surface area contributed by atoms with E-state index in [-0.39, 0.29) is 17.6 Å². The number of sulfone groups is 1. The Morgan fingerprint density at radius 3 is 2.50 bits per heavy atom. The molecule has 0 bridgehead atoms. The maximum absolute atomic E-state index is 10.9. The van der Waals surface area contributed by atoms with Crippen LogP contribution in [-0.2, 0) is 14.6 Å². The van der Waals surface area contributed by atoms with Crippen molar-refractivity contribution in [1.82, 2.24) is 4.90 Å². The molecular formula is C10H19NO4S. The van der Waals surface area contributed by atoms with Crippen LogP contribution in [0.15, 0.2) is 0 Å². The van der Waals surface area contributed by atoms with Crippen LogP contribution in [0.25, 0.3) is 0 Å². The summed E-state index contributed by atoms with van der Waals surface area (Å²) >= 11 is 0. The standard InChI is InChI=1S/C10H19NO4S/c1-8(10(12)13)9-6-11(7-9)4-3-5-16(2,14)15/h8-9H,3-7H2,1-2H3,(H,12,13). The van der Waals surface area contributed by atoms with Gasteiger partial charge < -0.3 is 10.0 Å². The molecule has 1 saturated heterocycles. The molecule has 0 saturated carbocycles. The molecule has 1 atom stereocenters. The van der Waals surface area contributed by atoms with Gasteiger partial charge in [-0.1, -0.05) is 6.92 Å². The number of hydrogen-bond acceptors (Lipinski definition) is 4. The maximum Gasteiger partial charge on any atom is 0.306 e. The first kappa shape index (κ1) is 13.4. The molecule has 0 spiro atoms. The SMILES string of the molecule is CC(C(=O)O)C1CN(CCCS(C)(=O)=O)C1. The fourth-order valence-corrected chi connectivity index (χ4v) is 2.51. The highest BCUT2D eigenvalue weighted by molar-refractivity contribution is 7.90. The normalized spacial score (nSPS) is 20.4. The topological polar surface area (TPSA) is 74.7 Å². The second kappa shape index (κ2) is 5.14. The summed E-state index contributed by atoms with van der Waals surface area (Å²) in [6, 6.07) is 0. The van der Waals surface area contributed by atoms with Crippen LogP contribution in [0.1, 0.15) is 13.3 Å². The van der Waals surface area contributed by atoms with Crippen LogP contribution in [0.3, 0.4) is 0 Å². The quantitative estimate of drug-likeness (QED) is 0.721. The van der Waals surface area contributed by atoms with Crippen LogP contribution in [0.5, 0.6) is 0 Å². The Hall–Kier alpha value is -0.620. The first-order valence-electron chi connectivity index (χ1n) is 5.42. The number of likely N-dealkylation sites (tertiary alicyclic amines) is 1. The van der Waals surface area contributed by atoms with Crippen LogP contribution in [-0.4, -0.2) is 56.0 Å². The minimum atomic E-state index is -2.87. The molecular weight excluding hydrogens is 230 g/mol. The lowest BCUT2D eigenvalue weighted by atomic mass is 9.87. The van der Waals surface area contributed by atoms with Crippen LogP contribution < -0.4 is 0 Å². The van der Waals surface area contributed by atoms with Gasteiger partial charge in [0.05, 0.1) is 11.7 Å². The van der Waals surface area contributed by atoms with Gasteiger partial charge in [-0.25, -0.2) is 8.42 Å². The molecule has 0 radical (unpaired) electrons. The number of hydrogen-bond donors (Lipinski definition) is 1. The molecule has 1 N–H and O–H groups in total. The third-order valence-corrected chi connectivity index (χ3v) is 4.10. The van der Waals surface area contributed by atoms with Crippen LogP contribution in [0.4, 0.5) is 0 Å². The molecule has 16 heavy (non-hydrogen) atoms. The van der Waals surface area contributed by atoms with Crippen molar-refractivity contribution in [2.45, 2.75) is 13.3 Å². The van der Waals surface area contributed by atoms with Gasteiger partial charge >= 0.3 is 5.97 Å². The summed E-state index contributed by atoms with van der Waals surface area (Å²) in [7, 11) is -2.87. The van der Waals surface area contributed by atoms with Crippen molar-refractivity contribution in [2.24, 2.45) is 11.8 Å². The molecule has 1 heterocycles. The molecule has 1 aliphatic rings. The van der Waals surface area contributed by atoms with Crippen molar-refractivity contribution in [2.75, 3.05) is 31.6 Å². The van der Waals surface area contributed by atoms with Gasteiger partial charge in [-0.15, -0.1) is 0 Å². The first-order valence-corrected chi connectivity index (χ1v) is 7.48. The molecule has 0 aromatic rings. The van der Waals surface area contributed by atoms with Gasteiger partial charge in [0.1, 0.15) is 9.84 Å². The lowest BCUT2D eigenvalue weighted by molar-refractivity contribution is -0.145. The van der Waals surface area contributed by atoms with Crippen molar-refractivity contribution in [3.05, 3.63) is 0 Å². The first-order chi connectivity index (χ1) is 7.29. The fourth-order valence-electron chi connectivity index (χ4n) is 1.86. The van der Waals surface area contributed by atoms with E-state index < -0.39 is 15.8 Å². The molecule has 5 nitrogen and oxygen atoms in total. The Morgan fingerprint density at radius 1 is 1.50 bits per heavy atom. The monoisotopic (exact) mass is 249 g/mol. The van der Waals surface area contributed by atoms with Gasteiger partial charge in [-0.2, -0.15) is 0 Å². The highest BCUT2D eigenvalue weighted by Crippen LogP contribution is 2.23. The molecule has 94 valence electrons. The van der Waals surface area contributed by atoms with Gasteiger partial charge in [-0.3, -0.25) is 4.79 Å². The Labute approximate surface area is 96.4 Å². The van der Waals surface area contributed by atoms with E-state index >= 15 is 0 Å². The summed E-state index contributed by atoms with van der Waals surface area (Å²) in [5.41, 5.74) is 0. The number of nitrogens with zero attached hydrogens (tertiary/aromatic N) is 1. The molecule has 0 aliphatic carbocycles. The van der Waals surface area contributed by atoms with E-state index in [0.717, 1.165) is 19.6 Å². The summed E-state index contributed by atoms with van der Waals surface area (Å²) in [4.78, 5) is 12.8. The zero-order valence-corrected chi connectivity index (χ0v) is 10.5. The third-order valence-electron chi connectivity index (χ3n) is 3.07. The minimum Gasteiger partial charge on any atom is -0.481 e. The predicted octanol–water partition coefficient (Wildman–Crippen LogP) is 0.0736. The molecule has 0 aromatic heterocycles. The van der Waals surface area contributed by atoms with Gasteiger partial charge in [0.25, 0.3) is 0 Å². The zero-order chi connectivity index (χ0) is 12.3. The van der Waals surface area contributed by atoms with Crippen LogP contribution in [0, 0.1) is 11.8 Å². The average Bonchev–Trinajstić information content (AvgIpc) is 2.05. The van der Waals surface area contributed by atoms with Crippen molar-refractivity contribution >= 4 is 15.8 Å². The lowest BCUT2D eigenvalue weighted by Gasteiger charge is -2.41. The fraction of sp³-hybridized carbons (Fsp3) is 0.900. The van der Waals surface area contributed by atoms with E-state index in [2.05, 4.69) is 4.90 Å². The Balaban J connectivity index is 2.15. The summed E-state index contributed by atoms with van der Waals surface area (Å²) in [5, 5.41) is 8.79. The summed E-state index contributed by atoms with van der Waals surface area (Å²) in [6.07, 6.45) is 1.87. The lowest BCUT2D eigenvalue weighted by Crippen LogP contribution is -2.51. The van der Waals surface area contributed by atoms with E-state index in [1.54, 1.807) is 6.92 Å². The second-order valence-electron chi connectivity index (χ2n) is 4.63. The highest BCUT2D eigenvalue weighted by Gasteiger charge is 2.34. The molecule has 1 unspecified atom stereocenters. The van der Waals surface area contributed by atoms with Crippen LogP contribution in [0.2, 0.25) is 0 Å². The molecule has 0 amide bonds. The second-order valence-corrected chi connectivity index (χ2v) is 6.89. The van der Waals surface area contributed by atoms with E-state index in [0.29, 0.717) is 6.42 Å². The smallest absolute Gasteiger partial charge is 0.306 e. The van der Waals surface area contributed by atoms with E-state index in [1.807, 2.05) is 0 Å². The van der Waals surface area contributed by atoms with Gasteiger partial charge in [-0.05, 0) is 18.9 Å². The summed E-state index contributed by atoms with van der Waals surface area (Å²) < 4.78 is 21.8. The maximum atomic E-state index is 10.9. The summed E-state index contributed by atoms with van der Waals surface area (Å²) in [5.74, 6) is -0.620. The third kappa shape index (κ3) is 4.09. The number of aliphatic carboxylic acids is 1. The van der Waals surface area contributed by atoms with E-state index in [1.165, 1.54) is 6.26 Å². The minimum absolute atomic E-state index is 0.211. The Kier molecular flexibility index (Phi) is 4.32. The van der Waals surface area contributed by atoms with Gasteiger partial charge in [0, 0.05) is 19.3 Å². The van der Waals surface area contributed by atoms with Gasteiger partial charge in [0.2, 0.25) is 0 Å². The number of carbonyl (C=O) groups is 1. The van der Waals surface area contributed by atoms with Crippen molar-refractivity contribution in [3.8, 4) is 0 Å². The van der Waals surface area contributed by atoms with E-state index in [4.69, 9.17) is 5.11 Å². The van der Waals surface area contributed by atoms with Crippen molar-refractivity contribution in [1.29, 1.82) is 0 Å². The number of carboxylic acid groups (broad SMARTS) is 1. The number of rotatable bonds is 6.